The van der Waals surface area contributed by atoms with Gasteiger partial charge in [-0.3, -0.25) is 0 Å². The van der Waals surface area contributed by atoms with Gasteiger partial charge < -0.3 is 9.30 Å². The number of sulfonamides is 1. The number of nitrogens with zero attached hydrogens (tertiary/aromatic N) is 3. The zero-order valence-electron chi connectivity index (χ0n) is 17.3. The molecule has 2 aromatic carbocycles. The van der Waals surface area contributed by atoms with E-state index < -0.39 is 10.0 Å². The van der Waals surface area contributed by atoms with Crippen LogP contribution in [0.1, 0.15) is 25.1 Å². The predicted octanol–water partition coefficient (Wildman–Crippen LogP) is 3.82. The number of benzene rings is 2. The molecule has 31 heavy (non-hydrogen) atoms. The second-order valence-corrected chi connectivity index (χ2v) is 10.2. The molecule has 0 aliphatic carbocycles. The molecule has 2 aliphatic heterocycles. The summed E-state index contributed by atoms with van der Waals surface area (Å²) in [6.45, 7) is 1.72. The highest BCUT2D eigenvalue weighted by Gasteiger charge is 2.45. The van der Waals surface area contributed by atoms with Crippen LogP contribution in [0.15, 0.2) is 59.6 Å². The Kier molecular flexibility index (Phi) is 4.86. The van der Waals surface area contributed by atoms with Gasteiger partial charge in [0, 0.05) is 30.6 Å². The van der Waals surface area contributed by atoms with E-state index in [0.717, 1.165) is 42.9 Å². The number of aromatic nitrogens is 2. The maximum atomic E-state index is 13.7. The molecule has 1 fully saturated rings. The molecular formula is C23H24FN3O3S. The summed E-state index contributed by atoms with van der Waals surface area (Å²) < 4.78 is 48.7. The molecular weight excluding hydrogens is 417 g/mol. The molecule has 5 rings (SSSR count). The standard InChI is InChI=1S/C23H24FN3O3S/c1-30-19-5-7-20(8-6-19)31(28,29)26-12-9-23(10-13-26)11-14-27-21(16-25-22(23)27)17-3-2-4-18(24)15-17/h2-8,15-16H,9-14H2,1H3. The molecule has 0 unspecified atom stereocenters. The topological polar surface area (TPSA) is 64.4 Å². The Morgan fingerprint density at radius 2 is 1.74 bits per heavy atom. The molecule has 6 nitrogen and oxygen atoms in total. The number of piperidine rings is 1. The molecule has 8 heteroatoms. The van der Waals surface area contributed by atoms with Crippen LogP contribution in [0, 0.1) is 5.82 Å². The normalized spacial score (nSPS) is 18.3. The number of imidazole rings is 1. The maximum absolute atomic E-state index is 13.7. The lowest BCUT2D eigenvalue weighted by atomic mass is 9.77. The minimum absolute atomic E-state index is 0.127. The van der Waals surface area contributed by atoms with Crippen molar-refractivity contribution in [2.45, 2.75) is 36.1 Å². The molecule has 0 saturated carbocycles. The zero-order chi connectivity index (χ0) is 21.6. The van der Waals surface area contributed by atoms with Gasteiger partial charge in [0.05, 0.1) is 23.9 Å². The van der Waals surface area contributed by atoms with Crippen molar-refractivity contribution >= 4 is 10.0 Å². The van der Waals surface area contributed by atoms with Gasteiger partial charge in [-0.1, -0.05) is 12.1 Å². The van der Waals surface area contributed by atoms with Gasteiger partial charge in [0.1, 0.15) is 17.4 Å². The first-order chi connectivity index (χ1) is 14.9. The molecule has 0 amide bonds. The van der Waals surface area contributed by atoms with Crippen LogP contribution in [-0.4, -0.2) is 42.5 Å². The van der Waals surface area contributed by atoms with Gasteiger partial charge in [0.2, 0.25) is 10.0 Å². The molecule has 1 aromatic heterocycles. The van der Waals surface area contributed by atoms with E-state index in [9.17, 15) is 12.8 Å². The van der Waals surface area contributed by atoms with Crippen molar-refractivity contribution in [3.8, 4) is 17.0 Å². The fourth-order valence-corrected chi connectivity index (χ4v) is 6.31. The summed E-state index contributed by atoms with van der Waals surface area (Å²) in [4.78, 5) is 4.99. The fraction of sp³-hybridized carbons (Fsp3) is 0.348. The molecule has 2 aliphatic rings. The van der Waals surface area contributed by atoms with Crippen molar-refractivity contribution < 1.29 is 17.5 Å². The predicted molar refractivity (Wildman–Crippen MR) is 115 cm³/mol. The third kappa shape index (κ3) is 3.34. The number of ether oxygens (including phenoxy) is 1. The molecule has 0 atom stereocenters. The van der Waals surface area contributed by atoms with Gasteiger partial charge in [-0.25, -0.2) is 17.8 Å². The number of hydrogen-bond donors (Lipinski definition) is 0. The Bertz CT molecular complexity index is 1210. The van der Waals surface area contributed by atoms with Crippen molar-refractivity contribution in [1.29, 1.82) is 0 Å². The Morgan fingerprint density at radius 1 is 1.03 bits per heavy atom. The highest BCUT2D eigenvalue weighted by Crippen LogP contribution is 2.45. The van der Waals surface area contributed by atoms with Crippen LogP contribution in [0.3, 0.4) is 0 Å². The molecule has 3 aromatic rings. The molecule has 162 valence electrons. The summed E-state index contributed by atoms with van der Waals surface area (Å²) in [7, 11) is -1.99. The average molecular weight is 442 g/mol. The van der Waals surface area contributed by atoms with Gasteiger partial charge >= 0.3 is 0 Å². The summed E-state index contributed by atoms with van der Waals surface area (Å²) in [5, 5.41) is 0. The summed E-state index contributed by atoms with van der Waals surface area (Å²) in [6, 6.07) is 13.1. The molecule has 1 spiro atoms. The van der Waals surface area contributed by atoms with Crippen LogP contribution in [0.5, 0.6) is 5.75 Å². The first-order valence-electron chi connectivity index (χ1n) is 10.4. The lowest BCUT2D eigenvalue weighted by molar-refractivity contribution is 0.228. The summed E-state index contributed by atoms with van der Waals surface area (Å²) >= 11 is 0. The fourth-order valence-electron chi connectivity index (χ4n) is 4.87. The monoisotopic (exact) mass is 441 g/mol. The van der Waals surface area contributed by atoms with Crippen LogP contribution in [0.25, 0.3) is 11.3 Å². The van der Waals surface area contributed by atoms with E-state index in [0.29, 0.717) is 18.8 Å². The molecule has 3 heterocycles. The van der Waals surface area contributed by atoms with E-state index in [1.54, 1.807) is 41.7 Å². The molecule has 0 radical (unpaired) electrons. The number of halogens is 1. The smallest absolute Gasteiger partial charge is 0.243 e. The van der Waals surface area contributed by atoms with Crippen LogP contribution >= 0.6 is 0 Å². The van der Waals surface area contributed by atoms with Crippen LogP contribution in [-0.2, 0) is 22.0 Å². The first kappa shape index (κ1) is 20.2. The van der Waals surface area contributed by atoms with Crippen LogP contribution in [0.4, 0.5) is 4.39 Å². The van der Waals surface area contributed by atoms with E-state index in [2.05, 4.69) is 4.57 Å². The Balaban J connectivity index is 1.37. The number of hydrogen-bond acceptors (Lipinski definition) is 4. The van der Waals surface area contributed by atoms with Crippen molar-refractivity contribution in [1.82, 2.24) is 13.9 Å². The number of methoxy groups -OCH3 is 1. The molecule has 0 N–H and O–H groups in total. The zero-order valence-corrected chi connectivity index (χ0v) is 18.1. The average Bonchev–Trinajstić information content (AvgIpc) is 3.36. The number of fused-ring (bicyclic) bond motifs is 2. The Labute approximate surface area is 181 Å². The van der Waals surface area contributed by atoms with Crippen molar-refractivity contribution in [2.75, 3.05) is 20.2 Å². The summed E-state index contributed by atoms with van der Waals surface area (Å²) in [5.74, 6) is 1.36. The van der Waals surface area contributed by atoms with Crippen LogP contribution in [0.2, 0.25) is 0 Å². The SMILES string of the molecule is COc1ccc(S(=O)(=O)N2CCC3(CC2)CCn2c(-c4cccc(F)c4)cnc23)cc1. The molecule has 1 saturated heterocycles. The van der Waals surface area contributed by atoms with Crippen molar-refractivity contribution in [3.63, 3.8) is 0 Å². The maximum Gasteiger partial charge on any atom is 0.243 e. The van der Waals surface area contributed by atoms with E-state index in [4.69, 9.17) is 9.72 Å². The van der Waals surface area contributed by atoms with Gasteiger partial charge in [-0.05, 0) is 55.7 Å². The first-order valence-corrected chi connectivity index (χ1v) is 11.8. The Hall–Kier alpha value is -2.71. The number of rotatable bonds is 4. The Morgan fingerprint density at radius 3 is 2.42 bits per heavy atom. The summed E-state index contributed by atoms with van der Waals surface area (Å²) in [6.07, 6.45) is 4.18. The lowest BCUT2D eigenvalue weighted by Gasteiger charge is -2.37. The van der Waals surface area contributed by atoms with Gasteiger partial charge in [-0.2, -0.15) is 4.31 Å². The minimum Gasteiger partial charge on any atom is -0.497 e. The van der Waals surface area contributed by atoms with E-state index >= 15 is 0 Å². The van der Waals surface area contributed by atoms with Gasteiger partial charge in [0.25, 0.3) is 0 Å². The second-order valence-electron chi connectivity index (χ2n) is 8.24. The highest BCUT2D eigenvalue weighted by atomic mass is 32.2. The lowest BCUT2D eigenvalue weighted by Crippen LogP contribution is -2.44. The van der Waals surface area contributed by atoms with E-state index in [1.807, 2.05) is 12.3 Å². The van der Waals surface area contributed by atoms with E-state index in [1.165, 1.54) is 12.1 Å². The third-order valence-corrected chi connectivity index (χ3v) is 8.55. The quantitative estimate of drug-likeness (QED) is 0.617. The van der Waals surface area contributed by atoms with E-state index in [-0.39, 0.29) is 16.1 Å². The third-order valence-electron chi connectivity index (χ3n) is 6.64. The summed E-state index contributed by atoms with van der Waals surface area (Å²) in [5.41, 5.74) is 1.60. The highest BCUT2D eigenvalue weighted by molar-refractivity contribution is 7.89. The van der Waals surface area contributed by atoms with Crippen molar-refractivity contribution in [3.05, 3.63) is 66.4 Å². The van der Waals surface area contributed by atoms with Crippen molar-refractivity contribution in [2.24, 2.45) is 0 Å². The largest absolute Gasteiger partial charge is 0.497 e. The van der Waals surface area contributed by atoms with Crippen LogP contribution < -0.4 is 4.74 Å². The molecule has 0 bridgehead atoms. The van der Waals surface area contributed by atoms with Gasteiger partial charge in [0.15, 0.2) is 0 Å². The minimum atomic E-state index is -3.54. The second kappa shape index (κ2) is 7.46. The van der Waals surface area contributed by atoms with Gasteiger partial charge in [-0.15, -0.1) is 0 Å².